The maximum atomic E-state index is 13.0. The zero-order valence-electron chi connectivity index (χ0n) is 17.9. The summed E-state index contributed by atoms with van der Waals surface area (Å²) in [5, 5.41) is 2.82. The number of esters is 1. The molecule has 0 bridgehead atoms. The SMILES string of the molecule is C[C@@H](NC(=O)N1C(=O)[C@H](Cc2ccc(Cl)s2)[C@H]1C(=O)OCc1ccccc1)c1ccccc1. The number of thiophene rings is 1. The van der Waals surface area contributed by atoms with Gasteiger partial charge in [-0.1, -0.05) is 72.3 Å². The van der Waals surface area contributed by atoms with E-state index in [-0.39, 0.29) is 12.6 Å². The first-order valence-corrected chi connectivity index (χ1v) is 11.8. The molecule has 1 aliphatic rings. The van der Waals surface area contributed by atoms with E-state index in [1.54, 1.807) is 6.07 Å². The fourth-order valence-electron chi connectivity index (χ4n) is 3.82. The van der Waals surface area contributed by atoms with Crippen LogP contribution >= 0.6 is 22.9 Å². The van der Waals surface area contributed by atoms with Crippen molar-refractivity contribution in [3.8, 4) is 0 Å². The molecule has 1 fully saturated rings. The predicted octanol–water partition coefficient (Wildman–Crippen LogP) is 4.99. The number of halogens is 1. The van der Waals surface area contributed by atoms with Crippen molar-refractivity contribution in [1.29, 1.82) is 0 Å². The molecule has 0 unspecified atom stereocenters. The van der Waals surface area contributed by atoms with E-state index in [1.807, 2.05) is 73.7 Å². The van der Waals surface area contributed by atoms with Crippen LogP contribution in [0.25, 0.3) is 0 Å². The van der Waals surface area contributed by atoms with Crippen molar-refractivity contribution in [2.45, 2.75) is 32.0 Å². The summed E-state index contributed by atoms with van der Waals surface area (Å²) in [6.07, 6.45) is 0.319. The Kier molecular flexibility index (Phi) is 7.11. The second kappa shape index (κ2) is 10.2. The third kappa shape index (κ3) is 5.26. The van der Waals surface area contributed by atoms with E-state index in [0.29, 0.717) is 10.8 Å². The lowest BCUT2D eigenvalue weighted by atomic mass is 9.84. The normalized spacial score (nSPS) is 18.4. The summed E-state index contributed by atoms with van der Waals surface area (Å²) in [6, 6.07) is 20.3. The molecular formula is C25H23ClN2O4S. The van der Waals surface area contributed by atoms with Gasteiger partial charge in [0.1, 0.15) is 6.61 Å². The molecule has 170 valence electrons. The number of carbonyl (C=O) groups excluding carboxylic acids is 3. The second-order valence-corrected chi connectivity index (χ2v) is 9.64. The summed E-state index contributed by atoms with van der Waals surface area (Å²) < 4.78 is 6.09. The van der Waals surface area contributed by atoms with Crippen LogP contribution in [0.15, 0.2) is 72.8 Å². The molecule has 1 aliphatic heterocycles. The predicted molar refractivity (Wildman–Crippen MR) is 127 cm³/mol. The topological polar surface area (TPSA) is 75.7 Å². The Labute approximate surface area is 201 Å². The Balaban J connectivity index is 1.49. The van der Waals surface area contributed by atoms with E-state index in [1.165, 1.54) is 11.3 Å². The summed E-state index contributed by atoms with van der Waals surface area (Å²) >= 11 is 7.37. The second-order valence-electron chi connectivity index (χ2n) is 7.84. The lowest BCUT2D eigenvalue weighted by Crippen LogP contribution is -2.69. The number of nitrogens with zero attached hydrogens (tertiary/aromatic N) is 1. The van der Waals surface area contributed by atoms with Crippen molar-refractivity contribution < 1.29 is 19.1 Å². The van der Waals surface area contributed by atoms with Gasteiger partial charge in [-0.3, -0.25) is 4.79 Å². The molecule has 0 radical (unpaired) electrons. The standard InChI is InChI=1S/C25H23ClN2O4S/c1-16(18-10-6-3-7-11-18)27-25(31)28-22(24(30)32-15-17-8-4-2-5-9-17)20(23(28)29)14-19-12-13-21(26)33-19/h2-13,16,20,22H,14-15H2,1H3,(H,27,31)/t16-,20-,22+/m1/s1. The van der Waals surface area contributed by atoms with Crippen LogP contribution in [-0.2, 0) is 27.4 Å². The monoisotopic (exact) mass is 482 g/mol. The first-order valence-electron chi connectivity index (χ1n) is 10.6. The van der Waals surface area contributed by atoms with Crippen LogP contribution in [0.3, 0.4) is 0 Å². The van der Waals surface area contributed by atoms with Crippen LogP contribution in [0.4, 0.5) is 4.79 Å². The van der Waals surface area contributed by atoms with Crippen molar-refractivity contribution >= 4 is 40.8 Å². The molecule has 4 rings (SSSR count). The van der Waals surface area contributed by atoms with E-state index in [9.17, 15) is 14.4 Å². The molecule has 0 spiro atoms. The number of ether oxygens (including phenoxy) is 1. The number of β-lactam (4-membered cyclic amide) rings is 1. The molecule has 1 aromatic heterocycles. The average molecular weight is 483 g/mol. The summed E-state index contributed by atoms with van der Waals surface area (Å²) in [5.74, 6) is -1.69. The minimum Gasteiger partial charge on any atom is -0.459 e. The molecule has 0 saturated carbocycles. The summed E-state index contributed by atoms with van der Waals surface area (Å²) in [5.41, 5.74) is 1.72. The van der Waals surface area contributed by atoms with Crippen LogP contribution in [0.2, 0.25) is 4.34 Å². The van der Waals surface area contributed by atoms with E-state index in [0.717, 1.165) is 20.9 Å². The van der Waals surface area contributed by atoms with Gasteiger partial charge in [0.25, 0.3) is 0 Å². The molecule has 8 heteroatoms. The molecular weight excluding hydrogens is 460 g/mol. The molecule has 3 aromatic rings. The highest BCUT2D eigenvalue weighted by molar-refractivity contribution is 7.16. The Morgan fingerprint density at radius 2 is 1.73 bits per heavy atom. The summed E-state index contributed by atoms with van der Waals surface area (Å²) in [7, 11) is 0. The van der Waals surface area contributed by atoms with Crippen molar-refractivity contribution in [3.63, 3.8) is 0 Å². The smallest absolute Gasteiger partial charge is 0.330 e. The van der Waals surface area contributed by atoms with Gasteiger partial charge in [-0.15, -0.1) is 11.3 Å². The van der Waals surface area contributed by atoms with Gasteiger partial charge in [0.15, 0.2) is 6.04 Å². The fourth-order valence-corrected chi connectivity index (χ4v) is 4.96. The highest BCUT2D eigenvalue weighted by Crippen LogP contribution is 2.34. The van der Waals surface area contributed by atoms with Gasteiger partial charge in [-0.05, 0) is 36.6 Å². The number of amides is 3. The number of benzene rings is 2. The third-order valence-corrected chi connectivity index (χ3v) is 6.84. The van der Waals surface area contributed by atoms with Gasteiger partial charge >= 0.3 is 12.0 Å². The van der Waals surface area contributed by atoms with E-state index in [2.05, 4.69) is 5.32 Å². The van der Waals surface area contributed by atoms with Gasteiger partial charge in [0.05, 0.1) is 16.3 Å². The zero-order valence-corrected chi connectivity index (χ0v) is 19.5. The lowest BCUT2D eigenvalue weighted by Gasteiger charge is -2.43. The minimum absolute atomic E-state index is 0.0673. The van der Waals surface area contributed by atoms with Crippen LogP contribution < -0.4 is 5.32 Å². The molecule has 3 amide bonds. The van der Waals surface area contributed by atoms with Gasteiger partial charge in [0, 0.05) is 4.88 Å². The minimum atomic E-state index is -0.995. The highest BCUT2D eigenvalue weighted by Gasteiger charge is 2.55. The van der Waals surface area contributed by atoms with Crippen LogP contribution in [0, 0.1) is 5.92 Å². The fraction of sp³-hybridized carbons (Fsp3) is 0.240. The maximum absolute atomic E-state index is 13.0. The van der Waals surface area contributed by atoms with Crippen molar-refractivity contribution in [2.75, 3.05) is 0 Å². The number of hydrogen-bond acceptors (Lipinski definition) is 5. The Morgan fingerprint density at radius 3 is 2.36 bits per heavy atom. The van der Waals surface area contributed by atoms with Crippen molar-refractivity contribution in [2.24, 2.45) is 5.92 Å². The number of imide groups is 1. The molecule has 1 N–H and O–H groups in total. The molecule has 1 saturated heterocycles. The lowest BCUT2D eigenvalue weighted by molar-refractivity contribution is -0.170. The number of hydrogen-bond donors (Lipinski definition) is 1. The first-order chi connectivity index (χ1) is 15.9. The molecule has 0 aliphatic carbocycles. The Bertz CT molecular complexity index is 1140. The van der Waals surface area contributed by atoms with Crippen molar-refractivity contribution in [1.82, 2.24) is 10.2 Å². The van der Waals surface area contributed by atoms with Crippen molar-refractivity contribution in [3.05, 3.63) is 93.1 Å². The van der Waals surface area contributed by atoms with Gasteiger partial charge in [-0.2, -0.15) is 0 Å². The van der Waals surface area contributed by atoms with Crippen LogP contribution in [-0.4, -0.2) is 28.8 Å². The van der Waals surface area contributed by atoms with E-state index in [4.69, 9.17) is 16.3 Å². The number of rotatable bonds is 7. The number of nitrogens with one attached hydrogen (secondary N) is 1. The molecule has 6 nitrogen and oxygen atoms in total. The molecule has 2 aromatic carbocycles. The third-order valence-electron chi connectivity index (χ3n) is 5.59. The average Bonchev–Trinajstić information content (AvgIpc) is 3.25. The van der Waals surface area contributed by atoms with E-state index < -0.39 is 29.9 Å². The highest BCUT2D eigenvalue weighted by atomic mass is 35.5. The van der Waals surface area contributed by atoms with E-state index >= 15 is 0 Å². The van der Waals surface area contributed by atoms with Crippen LogP contribution in [0.1, 0.15) is 29.0 Å². The summed E-state index contributed by atoms with van der Waals surface area (Å²) in [4.78, 5) is 40.8. The molecule has 33 heavy (non-hydrogen) atoms. The maximum Gasteiger partial charge on any atom is 0.330 e. The first kappa shape index (κ1) is 23.0. The quantitative estimate of drug-likeness (QED) is 0.380. The van der Waals surface area contributed by atoms with Gasteiger partial charge in [0.2, 0.25) is 5.91 Å². The molecule has 3 atom stereocenters. The Hall–Kier alpha value is -3.16. The number of likely N-dealkylation sites (tertiary alicyclic amines) is 1. The number of urea groups is 1. The molecule has 2 heterocycles. The van der Waals surface area contributed by atoms with Gasteiger partial charge in [-0.25, -0.2) is 14.5 Å². The largest absolute Gasteiger partial charge is 0.459 e. The van der Waals surface area contributed by atoms with Gasteiger partial charge < -0.3 is 10.1 Å². The van der Waals surface area contributed by atoms with Crippen LogP contribution in [0.5, 0.6) is 0 Å². The summed E-state index contributed by atoms with van der Waals surface area (Å²) in [6.45, 7) is 1.89. The number of carbonyl (C=O) groups is 3. The Morgan fingerprint density at radius 1 is 1.06 bits per heavy atom. The zero-order chi connectivity index (χ0) is 23.4.